The molecule has 29 heavy (non-hydrogen) atoms. The highest BCUT2D eigenvalue weighted by Crippen LogP contribution is 2.26. The molecule has 1 fully saturated rings. The molecular weight excluding hydrogens is 364 g/mol. The second-order valence-electron chi connectivity index (χ2n) is 7.40. The van der Waals surface area contributed by atoms with Crippen molar-refractivity contribution in [3.05, 3.63) is 54.1 Å². The highest BCUT2D eigenvalue weighted by molar-refractivity contribution is 5.79. The lowest BCUT2D eigenvalue weighted by Gasteiger charge is -2.24. The van der Waals surface area contributed by atoms with E-state index in [4.69, 9.17) is 9.47 Å². The average molecular weight is 397 g/mol. The van der Waals surface area contributed by atoms with Crippen LogP contribution in [0, 0.1) is 5.92 Å². The summed E-state index contributed by atoms with van der Waals surface area (Å²) in [6.45, 7) is 3.75. The molecule has 0 radical (unpaired) electrons. The molecule has 1 aliphatic rings. The van der Waals surface area contributed by atoms with Crippen LogP contribution in [-0.2, 0) is 6.54 Å². The monoisotopic (exact) mass is 396 g/mol. The van der Waals surface area contributed by atoms with Crippen LogP contribution in [0.1, 0.15) is 12.0 Å². The van der Waals surface area contributed by atoms with E-state index in [9.17, 15) is 0 Å². The van der Waals surface area contributed by atoms with Crippen LogP contribution < -0.4 is 19.7 Å². The minimum atomic E-state index is 0.581. The maximum atomic E-state index is 5.47. The molecule has 0 spiro atoms. The van der Waals surface area contributed by atoms with Gasteiger partial charge >= 0.3 is 0 Å². The summed E-state index contributed by atoms with van der Waals surface area (Å²) in [4.78, 5) is 9.02. The van der Waals surface area contributed by atoms with Gasteiger partial charge in [-0.05, 0) is 30.5 Å². The highest BCUT2D eigenvalue weighted by Gasteiger charge is 2.23. The third-order valence-electron chi connectivity index (χ3n) is 5.43. The van der Waals surface area contributed by atoms with Gasteiger partial charge < -0.3 is 24.6 Å². The Labute approximate surface area is 174 Å². The van der Waals surface area contributed by atoms with Crippen molar-refractivity contribution in [1.29, 1.82) is 0 Å². The molecule has 1 saturated heterocycles. The summed E-state index contributed by atoms with van der Waals surface area (Å²) in [5, 5.41) is 3.55. The fourth-order valence-corrected chi connectivity index (χ4v) is 3.83. The second-order valence-corrected chi connectivity index (χ2v) is 7.40. The lowest BCUT2D eigenvalue weighted by Crippen LogP contribution is -2.41. The van der Waals surface area contributed by atoms with Crippen LogP contribution in [0.15, 0.2) is 53.5 Å². The molecule has 1 unspecified atom stereocenters. The zero-order valence-corrected chi connectivity index (χ0v) is 17.9. The van der Waals surface area contributed by atoms with Gasteiger partial charge in [0.1, 0.15) is 11.5 Å². The number of para-hydroxylation sites is 1. The third kappa shape index (κ3) is 5.34. The summed E-state index contributed by atoms with van der Waals surface area (Å²) in [5.41, 5.74) is 2.37. The molecule has 0 bridgehead atoms. The third-order valence-corrected chi connectivity index (χ3v) is 5.43. The fraction of sp³-hybridized carbons (Fsp3) is 0.435. The van der Waals surface area contributed by atoms with Crippen LogP contribution in [0.2, 0.25) is 0 Å². The van der Waals surface area contributed by atoms with Crippen molar-refractivity contribution in [3.8, 4) is 11.5 Å². The first kappa shape index (κ1) is 20.8. The minimum absolute atomic E-state index is 0.581. The van der Waals surface area contributed by atoms with E-state index in [1.165, 1.54) is 5.69 Å². The summed E-state index contributed by atoms with van der Waals surface area (Å²) in [6.07, 6.45) is 1.16. The van der Waals surface area contributed by atoms with Crippen LogP contribution in [0.4, 0.5) is 5.69 Å². The molecule has 6 nitrogen and oxygen atoms in total. The fourth-order valence-electron chi connectivity index (χ4n) is 3.83. The quantitative estimate of drug-likeness (QED) is 0.575. The van der Waals surface area contributed by atoms with Crippen LogP contribution in [-0.4, -0.2) is 58.8 Å². The van der Waals surface area contributed by atoms with Gasteiger partial charge in [0.15, 0.2) is 5.96 Å². The second kappa shape index (κ2) is 10.0. The summed E-state index contributed by atoms with van der Waals surface area (Å²) in [5.74, 6) is 3.29. The standard InChI is InChI=1S/C23H32N4O2/c1-24-23(26(2)17-19-8-5-6-11-22(19)29-4)25-15-18-12-13-27(16-18)20-9-7-10-21(14-20)28-3/h5-11,14,18H,12-13,15-17H2,1-4H3,(H,24,25). The van der Waals surface area contributed by atoms with Crippen molar-refractivity contribution in [1.82, 2.24) is 10.2 Å². The number of guanidine groups is 1. The Bertz CT molecular complexity index is 824. The number of hydrogen-bond donors (Lipinski definition) is 1. The molecule has 3 rings (SSSR count). The molecule has 1 heterocycles. The normalized spacial score (nSPS) is 16.6. The van der Waals surface area contributed by atoms with E-state index in [1.54, 1.807) is 14.2 Å². The van der Waals surface area contributed by atoms with Crippen molar-refractivity contribution in [2.75, 3.05) is 52.8 Å². The Kier molecular flexibility index (Phi) is 7.22. The minimum Gasteiger partial charge on any atom is -0.497 e. The van der Waals surface area contributed by atoms with E-state index in [1.807, 2.05) is 31.3 Å². The van der Waals surface area contributed by atoms with Gasteiger partial charge in [-0.1, -0.05) is 24.3 Å². The van der Waals surface area contributed by atoms with E-state index in [-0.39, 0.29) is 0 Å². The molecule has 6 heteroatoms. The predicted octanol–water partition coefficient (Wildman–Crippen LogP) is 3.24. The Morgan fingerprint density at radius 2 is 2.00 bits per heavy atom. The molecule has 2 aromatic rings. The summed E-state index contributed by atoms with van der Waals surface area (Å²) >= 11 is 0. The molecular formula is C23H32N4O2. The van der Waals surface area contributed by atoms with Crippen LogP contribution in [0.5, 0.6) is 11.5 Å². The lowest BCUT2D eigenvalue weighted by atomic mass is 10.1. The van der Waals surface area contributed by atoms with E-state index in [2.05, 4.69) is 51.4 Å². The molecule has 1 atom stereocenters. The van der Waals surface area contributed by atoms with Crippen molar-refractivity contribution in [2.45, 2.75) is 13.0 Å². The molecule has 156 valence electrons. The number of nitrogens with zero attached hydrogens (tertiary/aromatic N) is 3. The number of ether oxygens (including phenoxy) is 2. The highest BCUT2D eigenvalue weighted by atomic mass is 16.5. The molecule has 0 saturated carbocycles. The first-order chi connectivity index (χ1) is 14.1. The maximum absolute atomic E-state index is 5.47. The Morgan fingerprint density at radius 1 is 1.17 bits per heavy atom. The van der Waals surface area contributed by atoms with Crippen LogP contribution >= 0.6 is 0 Å². The Hall–Kier alpha value is -2.89. The van der Waals surface area contributed by atoms with Crippen molar-refractivity contribution < 1.29 is 9.47 Å². The largest absolute Gasteiger partial charge is 0.497 e. The Balaban J connectivity index is 1.53. The molecule has 2 aromatic carbocycles. The zero-order valence-electron chi connectivity index (χ0n) is 17.9. The number of methoxy groups -OCH3 is 2. The number of benzene rings is 2. The van der Waals surface area contributed by atoms with Gasteiger partial charge in [0.05, 0.1) is 14.2 Å². The smallest absolute Gasteiger partial charge is 0.193 e. The van der Waals surface area contributed by atoms with E-state index >= 15 is 0 Å². The van der Waals surface area contributed by atoms with Crippen LogP contribution in [0.25, 0.3) is 0 Å². The maximum Gasteiger partial charge on any atom is 0.193 e. The van der Waals surface area contributed by atoms with Gasteiger partial charge in [0.2, 0.25) is 0 Å². The summed E-state index contributed by atoms with van der Waals surface area (Å²) in [6, 6.07) is 16.4. The predicted molar refractivity (Wildman–Crippen MR) is 119 cm³/mol. The van der Waals surface area contributed by atoms with Gasteiger partial charge in [-0.3, -0.25) is 4.99 Å². The molecule has 0 amide bonds. The number of aliphatic imine (C=N–C) groups is 1. The zero-order chi connectivity index (χ0) is 20.6. The van der Waals surface area contributed by atoms with E-state index in [0.29, 0.717) is 5.92 Å². The molecule has 0 aliphatic carbocycles. The van der Waals surface area contributed by atoms with Gasteiger partial charge in [-0.15, -0.1) is 0 Å². The van der Waals surface area contributed by atoms with Gasteiger partial charge in [-0.25, -0.2) is 0 Å². The molecule has 0 aromatic heterocycles. The first-order valence-corrected chi connectivity index (χ1v) is 10.1. The SMILES string of the molecule is CN=C(NCC1CCN(c2cccc(OC)c2)C1)N(C)Cc1ccccc1OC. The number of rotatable bonds is 7. The topological polar surface area (TPSA) is 49.3 Å². The lowest BCUT2D eigenvalue weighted by molar-refractivity contribution is 0.395. The van der Waals surface area contributed by atoms with Gasteiger partial charge in [0, 0.05) is 57.6 Å². The molecule has 1 N–H and O–H groups in total. The summed E-state index contributed by atoms with van der Waals surface area (Å²) < 4.78 is 10.8. The van der Waals surface area contributed by atoms with Crippen LogP contribution in [0.3, 0.4) is 0 Å². The average Bonchev–Trinajstić information content (AvgIpc) is 3.23. The number of nitrogens with one attached hydrogen (secondary N) is 1. The van der Waals surface area contributed by atoms with Gasteiger partial charge in [-0.2, -0.15) is 0 Å². The van der Waals surface area contributed by atoms with Gasteiger partial charge in [0.25, 0.3) is 0 Å². The number of hydrogen-bond acceptors (Lipinski definition) is 4. The molecule has 1 aliphatic heterocycles. The number of anilines is 1. The van der Waals surface area contributed by atoms with Crippen molar-refractivity contribution in [3.63, 3.8) is 0 Å². The van der Waals surface area contributed by atoms with E-state index < -0.39 is 0 Å². The van der Waals surface area contributed by atoms with Crippen molar-refractivity contribution >= 4 is 11.6 Å². The first-order valence-electron chi connectivity index (χ1n) is 10.1. The summed E-state index contributed by atoms with van der Waals surface area (Å²) in [7, 11) is 7.31. The van der Waals surface area contributed by atoms with Crippen molar-refractivity contribution in [2.24, 2.45) is 10.9 Å². The van der Waals surface area contributed by atoms with E-state index in [0.717, 1.165) is 55.6 Å². The Morgan fingerprint density at radius 3 is 2.76 bits per heavy atom.